The summed E-state index contributed by atoms with van der Waals surface area (Å²) in [5.74, 6) is 0. The van der Waals surface area contributed by atoms with Crippen LogP contribution in [0.1, 0.15) is 12.0 Å². The van der Waals surface area contributed by atoms with E-state index < -0.39 is 5.69 Å². The van der Waals surface area contributed by atoms with Crippen LogP contribution in [0.4, 0.5) is 0 Å². The first kappa shape index (κ1) is 20.9. The molecule has 0 aliphatic heterocycles. The molecule has 0 aliphatic carbocycles. The second-order valence-corrected chi connectivity index (χ2v) is 8.47. The van der Waals surface area contributed by atoms with Gasteiger partial charge < -0.3 is 9.09 Å². The molecule has 0 radical (unpaired) electrons. The lowest BCUT2D eigenvalue weighted by molar-refractivity contribution is 0.344. The zero-order chi connectivity index (χ0) is 19.6. The van der Waals surface area contributed by atoms with Crippen LogP contribution in [0.15, 0.2) is 39.0 Å². The highest BCUT2D eigenvalue weighted by atomic mass is 127. The number of fused-ring (bicyclic) bond motifs is 1. The molecule has 0 fully saturated rings. The van der Waals surface area contributed by atoms with Gasteiger partial charge in [0.25, 0.3) is 5.56 Å². The SMILES string of the molecule is Cn1c(=O)n(CCCOPI)c(=O)c2c1nc(S)n2Cc1ccc(Cl)cc1. The standard InChI is InChI=1S/C16H17ClIN4O3PS/c1-20-13-12(14(23)21(16(20)24)7-2-8-25-26-18)22(15(27)19-13)9-10-3-5-11(17)6-4-10/h3-6,26H,2,7-9H2,1H3,(H,19,27). The van der Waals surface area contributed by atoms with Gasteiger partial charge in [0, 0.05) is 18.6 Å². The molecule has 2 heterocycles. The van der Waals surface area contributed by atoms with E-state index in [2.05, 4.69) is 39.7 Å². The summed E-state index contributed by atoms with van der Waals surface area (Å²) in [6.07, 6.45) is 0.579. The Hall–Kier alpha value is -0.870. The molecule has 27 heavy (non-hydrogen) atoms. The fourth-order valence-electron chi connectivity index (χ4n) is 2.81. The van der Waals surface area contributed by atoms with E-state index in [4.69, 9.17) is 16.1 Å². The summed E-state index contributed by atoms with van der Waals surface area (Å²) >= 11 is 12.5. The van der Waals surface area contributed by atoms with Gasteiger partial charge in [-0.3, -0.25) is 13.9 Å². The van der Waals surface area contributed by atoms with Gasteiger partial charge in [-0.05, 0) is 46.2 Å². The monoisotopic (exact) mass is 538 g/mol. The third-order valence-corrected chi connectivity index (χ3v) is 5.99. The van der Waals surface area contributed by atoms with E-state index in [-0.39, 0.29) is 12.1 Å². The number of rotatable bonds is 7. The predicted molar refractivity (Wildman–Crippen MR) is 120 cm³/mol. The summed E-state index contributed by atoms with van der Waals surface area (Å²) in [6, 6.07) is 7.33. The molecule has 1 unspecified atom stereocenters. The van der Waals surface area contributed by atoms with Crippen LogP contribution in [0.2, 0.25) is 5.02 Å². The van der Waals surface area contributed by atoms with Crippen molar-refractivity contribution in [2.24, 2.45) is 7.05 Å². The Balaban J connectivity index is 2.08. The maximum absolute atomic E-state index is 13.0. The van der Waals surface area contributed by atoms with Crippen molar-refractivity contribution in [1.82, 2.24) is 18.7 Å². The minimum atomic E-state index is -0.395. The van der Waals surface area contributed by atoms with Gasteiger partial charge >= 0.3 is 5.69 Å². The van der Waals surface area contributed by atoms with E-state index in [0.717, 1.165) is 5.56 Å². The highest BCUT2D eigenvalue weighted by Gasteiger charge is 2.19. The first-order chi connectivity index (χ1) is 12.9. The van der Waals surface area contributed by atoms with Gasteiger partial charge in [0.05, 0.1) is 19.6 Å². The maximum atomic E-state index is 13.0. The Bertz CT molecular complexity index is 1080. The molecule has 144 valence electrons. The maximum Gasteiger partial charge on any atom is 0.332 e. The quantitative estimate of drug-likeness (QED) is 0.217. The molecule has 0 bridgehead atoms. The highest BCUT2D eigenvalue weighted by Crippen LogP contribution is 2.21. The average molecular weight is 539 g/mol. The van der Waals surface area contributed by atoms with Crippen LogP contribution in [0.25, 0.3) is 11.2 Å². The molecule has 0 saturated carbocycles. The number of imidazole rings is 1. The van der Waals surface area contributed by atoms with Gasteiger partial charge in [-0.15, -0.1) is 12.6 Å². The minimum absolute atomic E-state index is 0.288. The van der Waals surface area contributed by atoms with E-state index in [1.54, 1.807) is 23.7 Å². The number of benzene rings is 1. The Labute approximate surface area is 180 Å². The number of halogens is 2. The lowest BCUT2D eigenvalue weighted by Crippen LogP contribution is -2.40. The van der Waals surface area contributed by atoms with Crippen molar-refractivity contribution in [2.75, 3.05) is 6.61 Å². The zero-order valence-electron chi connectivity index (χ0n) is 14.4. The number of aryl methyl sites for hydroxylation is 1. The van der Waals surface area contributed by atoms with Gasteiger partial charge in [0.2, 0.25) is 0 Å². The molecule has 1 atom stereocenters. The van der Waals surface area contributed by atoms with Crippen molar-refractivity contribution in [2.45, 2.75) is 24.7 Å². The van der Waals surface area contributed by atoms with E-state index in [1.165, 1.54) is 9.13 Å². The Morgan fingerprint density at radius 2 is 1.96 bits per heavy atom. The van der Waals surface area contributed by atoms with Gasteiger partial charge in [-0.1, -0.05) is 23.7 Å². The Morgan fingerprint density at radius 3 is 2.63 bits per heavy atom. The fourth-order valence-corrected chi connectivity index (χ4v) is 4.09. The van der Waals surface area contributed by atoms with E-state index in [9.17, 15) is 9.59 Å². The summed E-state index contributed by atoms with van der Waals surface area (Å²) in [6.45, 7) is 1.54. The van der Waals surface area contributed by atoms with Crippen LogP contribution in [-0.2, 0) is 24.7 Å². The molecule has 11 heteroatoms. The van der Waals surface area contributed by atoms with Crippen molar-refractivity contribution in [3.05, 3.63) is 55.7 Å². The minimum Gasteiger partial charge on any atom is -0.352 e. The lowest BCUT2D eigenvalue weighted by atomic mass is 10.2. The largest absolute Gasteiger partial charge is 0.352 e. The smallest absolute Gasteiger partial charge is 0.332 e. The van der Waals surface area contributed by atoms with Crippen molar-refractivity contribution >= 4 is 63.9 Å². The molecule has 2 aromatic heterocycles. The topological polar surface area (TPSA) is 71.1 Å². The summed E-state index contributed by atoms with van der Waals surface area (Å²) in [5, 5.41) is 1.01. The van der Waals surface area contributed by atoms with Crippen LogP contribution in [0, 0.1) is 0 Å². The third kappa shape index (κ3) is 4.42. The van der Waals surface area contributed by atoms with Gasteiger partial charge in [-0.2, -0.15) is 0 Å². The van der Waals surface area contributed by atoms with Crippen LogP contribution in [0.5, 0.6) is 0 Å². The first-order valence-corrected chi connectivity index (χ1v) is 12.9. The first-order valence-electron chi connectivity index (χ1n) is 8.05. The molecule has 1 aromatic carbocycles. The van der Waals surface area contributed by atoms with E-state index in [1.807, 2.05) is 12.1 Å². The van der Waals surface area contributed by atoms with Crippen LogP contribution in [-0.4, -0.2) is 25.3 Å². The summed E-state index contributed by atoms with van der Waals surface area (Å²) in [5.41, 5.74) is 0.866. The van der Waals surface area contributed by atoms with Gasteiger partial charge in [-0.25, -0.2) is 9.78 Å². The molecule has 0 amide bonds. The highest BCUT2D eigenvalue weighted by molar-refractivity contribution is 14.2. The molecule has 3 rings (SSSR count). The van der Waals surface area contributed by atoms with Crippen LogP contribution < -0.4 is 11.2 Å². The molecule has 0 aliphatic rings. The Kier molecular flexibility index (Phi) is 7.02. The second kappa shape index (κ2) is 9.09. The third-order valence-electron chi connectivity index (χ3n) is 4.15. The van der Waals surface area contributed by atoms with E-state index >= 15 is 0 Å². The summed E-state index contributed by atoms with van der Waals surface area (Å²) in [4.78, 5) is 29.9. The number of nitrogens with zero attached hydrogens (tertiary/aromatic N) is 4. The number of hydrogen-bond acceptors (Lipinski definition) is 5. The van der Waals surface area contributed by atoms with Gasteiger partial charge in [0.1, 0.15) is 0 Å². The van der Waals surface area contributed by atoms with Crippen molar-refractivity contribution < 1.29 is 4.52 Å². The zero-order valence-corrected chi connectivity index (χ0v) is 19.2. The van der Waals surface area contributed by atoms with Crippen molar-refractivity contribution in [3.8, 4) is 0 Å². The molecule has 0 N–H and O–H groups in total. The van der Waals surface area contributed by atoms with Crippen molar-refractivity contribution in [3.63, 3.8) is 0 Å². The van der Waals surface area contributed by atoms with Crippen molar-refractivity contribution in [1.29, 1.82) is 0 Å². The number of thiol groups is 1. The Morgan fingerprint density at radius 1 is 1.26 bits per heavy atom. The molecule has 0 spiro atoms. The fraction of sp³-hybridized carbons (Fsp3) is 0.312. The lowest BCUT2D eigenvalue weighted by Gasteiger charge is -2.10. The number of hydrogen-bond donors (Lipinski definition) is 1. The number of aromatic nitrogens is 4. The average Bonchev–Trinajstić information content (AvgIpc) is 2.98. The summed E-state index contributed by atoms with van der Waals surface area (Å²) in [7, 11) is 1.61. The summed E-state index contributed by atoms with van der Waals surface area (Å²) < 4.78 is 9.65. The molecule has 0 saturated heterocycles. The van der Waals surface area contributed by atoms with Crippen LogP contribution >= 0.6 is 52.7 Å². The molecular weight excluding hydrogens is 522 g/mol. The van der Waals surface area contributed by atoms with Gasteiger partial charge in [0.15, 0.2) is 16.3 Å². The molecular formula is C16H17ClIN4O3PS. The second-order valence-electron chi connectivity index (χ2n) is 5.87. The molecule has 7 nitrogen and oxygen atoms in total. The van der Waals surface area contributed by atoms with E-state index in [0.29, 0.717) is 47.4 Å². The normalized spacial score (nSPS) is 11.9. The van der Waals surface area contributed by atoms with Crippen LogP contribution in [0.3, 0.4) is 0 Å². The molecule has 3 aromatic rings. The predicted octanol–water partition coefficient (Wildman–Crippen LogP) is 3.24.